The van der Waals surface area contributed by atoms with Gasteiger partial charge < -0.3 is 15.4 Å². The van der Waals surface area contributed by atoms with Gasteiger partial charge in [0.05, 0.1) is 12.6 Å². The Morgan fingerprint density at radius 2 is 1.78 bits per heavy atom. The molecule has 2 N–H and O–H groups in total. The maximum absolute atomic E-state index is 12.2. The molecule has 122 valence electrons. The Morgan fingerprint density at radius 1 is 1.09 bits per heavy atom. The van der Waals surface area contributed by atoms with Crippen LogP contribution in [0.2, 0.25) is 0 Å². The quantitative estimate of drug-likeness (QED) is 0.826. The van der Waals surface area contributed by atoms with E-state index in [-0.39, 0.29) is 24.4 Å². The van der Waals surface area contributed by atoms with Crippen LogP contribution in [0.1, 0.15) is 11.1 Å². The van der Waals surface area contributed by atoms with E-state index in [1.807, 2.05) is 42.5 Å². The van der Waals surface area contributed by atoms with Gasteiger partial charge in [0.15, 0.2) is 0 Å². The minimum Gasteiger partial charge on any atom is -0.492 e. The van der Waals surface area contributed by atoms with Crippen LogP contribution in [0, 0.1) is 0 Å². The SMILES string of the molecule is Cl.O=C(NCCOc1ccccc1)C1Cc2ccccc2CN1. The van der Waals surface area contributed by atoms with E-state index in [1.165, 1.54) is 11.1 Å². The van der Waals surface area contributed by atoms with Crippen LogP contribution in [0.4, 0.5) is 0 Å². The van der Waals surface area contributed by atoms with Gasteiger partial charge in [0, 0.05) is 6.54 Å². The van der Waals surface area contributed by atoms with Crippen molar-refractivity contribution in [3.8, 4) is 5.75 Å². The second-order valence-electron chi connectivity index (χ2n) is 5.36. The Kier molecular flexibility index (Phi) is 6.44. The summed E-state index contributed by atoms with van der Waals surface area (Å²) in [6, 6.07) is 17.7. The Labute approximate surface area is 142 Å². The summed E-state index contributed by atoms with van der Waals surface area (Å²) < 4.78 is 5.56. The van der Waals surface area contributed by atoms with Gasteiger partial charge >= 0.3 is 0 Å². The van der Waals surface area contributed by atoms with Crippen LogP contribution >= 0.6 is 12.4 Å². The number of hydrogen-bond donors (Lipinski definition) is 2. The molecule has 3 rings (SSSR count). The molecule has 0 aliphatic carbocycles. The molecule has 0 fully saturated rings. The van der Waals surface area contributed by atoms with E-state index >= 15 is 0 Å². The number of hydrogen-bond acceptors (Lipinski definition) is 3. The summed E-state index contributed by atoms with van der Waals surface area (Å²) in [6.07, 6.45) is 0.738. The second kappa shape index (κ2) is 8.56. The zero-order valence-corrected chi connectivity index (χ0v) is 13.6. The third-order valence-electron chi connectivity index (χ3n) is 3.81. The maximum atomic E-state index is 12.2. The molecular formula is C18H21ClN2O2. The first kappa shape index (κ1) is 17.3. The van der Waals surface area contributed by atoms with Crippen LogP contribution < -0.4 is 15.4 Å². The molecule has 0 saturated carbocycles. The summed E-state index contributed by atoms with van der Waals surface area (Å²) in [6.45, 7) is 1.72. The van der Waals surface area contributed by atoms with Gasteiger partial charge in [-0.3, -0.25) is 4.79 Å². The van der Waals surface area contributed by atoms with E-state index in [0.717, 1.165) is 18.7 Å². The largest absolute Gasteiger partial charge is 0.492 e. The van der Waals surface area contributed by atoms with Gasteiger partial charge in [0.25, 0.3) is 0 Å². The number of amides is 1. The molecule has 5 heteroatoms. The Bertz CT molecular complexity index is 634. The molecule has 0 saturated heterocycles. The van der Waals surface area contributed by atoms with Crippen molar-refractivity contribution in [1.29, 1.82) is 0 Å². The standard InChI is InChI=1S/C18H20N2O2.ClH/c21-18(19-10-11-22-16-8-2-1-3-9-16)17-12-14-6-4-5-7-15(14)13-20-17;/h1-9,17,20H,10-13H2,(H,19,21);1H. The predicted octanol–water partition coefficient (Wildman–Crippen LogP) is 2.32. The van der Waals surface area contributed by atoms with Crippen molar-refractivity contribution in [2.24, 2.45) is 0 Å². The highest BCUT2D eigenvalue weighted by atomic mass is 35.5. The van der Waals surface area contributed by atoms with Crippen molar-refractivity contribution in [3.63, 3.8) is 0 Å². The predicted molar refractivity (Wildman–Crippen MR) is 93.0 cm³/mol. The van der Waals surface area contributed by atoms with Crippen LogP contribution in [0.5, 0.6) is 5.75 Å². The molecular weight excluding hydrogens is 312 g/mol. The van der Waals surface area contributed by atoms with Gasteiger partial charge in [0.2, 0.25) is 5.91 Å². The first-order chi connectivity index (χ1) is 10.8. The van der Waals surface area contributed by atoms with E-state index < -0.39 is 0 Å². The number of rotatable bonds is 5. The fraction of sp³-hybridized carbons (Fsp3) is 0.278. The average Bonchev–Trinajstić information content (AvgIpc) is 2.59. The molecule has 23 heavy (non-hydrogen) atoms. The smallest absolute Gasteiger partial charge is 0.237 e. The lowest BCUT2D eigenvalue weighted by Gasteiger charge is -2.25. The summed E-state index contributed by atoms with van der Waals surface area (Å²) in [4.78, 5) is 12.2. The molecule has 0 bridgehead atoms. The molecule has 0 spiro atoms. The van der Waals surface area contributed by atoms with Crippen molar-refractivity contribution in [2.45, 2.75) is 19.0 Å². The Balaban J connectivity index is 0.00000192. The van der Waals surface area contributed by atoms with E-state index in [4.69, 9.17) is 4.74 Å². The molecule has 1 heterocycles. The molecule has 1 amide bonds. The number of fused-ring (bicyclic) bond motifs is 1. The molecule has 1 unspecified atom stereocenters. The van der Waals surface area contributed by atoms with Gasteiger partial charge in [0.1, 0.15) is 12.4 Å². The zero-order valence-electron chi connectivity index (χ0n) is 12.8. The van der Waals surface area contributed by atoms with E-state index in [0.29, 0.717) is 13.2 Å². The van der Waals surface area contributed by atoms with Crippen molar-refractivity contribution < 1.29 is 9.53 Å². The highest BCUT2D eigenvalue weighted by Gasteiger charge is 2.23. The van der Waals surface area contributed by atoms with Crippen LogP contribution in [-0.4, -0.2) is 25.1 Å². The number of benzene rings is 2. The van der Waals surface area contributed by atoms with Gasteiger partial charge in [-0.25, -0.2) is 0 Å². The molecule has 0 radical (unpaired) electrons. The van der Waals surface area contributed by atoms with Gasteiger partial charge in [-0.15, -0.1) is 12.4 Å². The third-order valence-corrected chi connectivity index (χ3v) is 3.81. The number of nitrogens with one attached hydrogen (secondary N) is 2. The van der Waals surface area contributed by atoms with E-state index in [1.54, 1.807) is 0 Å². The number of halogens is 1. The molecule has 1 aliphatic rings. The molecule has 2 aromatic rings. The van der Waals surface area contributed by atoms with Crippen molar-refractivity contribution >= 4 is 18.3 Å². The fourth-order valence-electron chi connectivity index (χ4n) is 2.62. The first-order valence-electron chi connectivity index (χ1n) is 7.58. The van der Waals surface area contributed by atoms with E-state index in [2.05, 4.69) is 22.8 Å². The third kappa shape index (κ3) is 4.71. The molecule has 0 aromatic heterocycles. The molecule has 2 aromatic carbocycles. The lowest BCUT2D eigenvalue weighted by atomic mass is 9.95. The normalized spacial score (nSPS) is 15.9. The van der Waals surface area contributed by atoms with Gasteiger partial charge in [-0.05, 0) is 29.7 Å². The monoisotopic (exact) mass is 332 g/mol. The number of para-hydroxylation sites is 1. The van der Waals surface area contributed by atoms with Gasteiger partial charge in [-0.2, -0.15) is 0 Å². The minimum absolute atomic E-state index is 0. The summed E-state index contributed by atoms with van der Waals surface area (Å²) in [5, 5.41) is 6.21. The zero-order chi connectivity index (χ0) is 15.2. The van der Waals surface area contributed by atoms with Gasteiger partial charge in [-0.1, -0.05) is 42.5 Å². The van der Waals surface area contributed by atoms with Crippen molar-refractivity contribution in [1.82, 2.24) is 10.6 Å². The molecule has 1 atom stereocenters. The maximum Gasteiger partial charge on any atom is 0.237 e. The van der Waals surface area contributed by atoms with Crippen LogP contribution in [0.3, 0.4) is 0 Å². The highest BCUT2D eigenvalue weighted by Crippen LogP contribution is 2.16. The number of ether oxygens (including phenoxy) is 1. The van der Waals surface area contributed by atoms with Crippen molar-refractivity contribution in [2.75, 3.05) is 13.2 Å². The number of carbonyl (C=O) groups excluding carboxylic acids is 1. The van der Waals surface area contributed by atoms with E-state index in [9.17, 15) is 4.79 Å². The topological polar surface area (TPSA) is 50.4 Å². The lowest BCUT2D eigenvalue weighted by molar-refractivity contribution is -0.123. The van der Waals surface area contributed by atoms with Crippen molar-refractivity contribution in [3.05, 3.63) is 65.7 Å². The second-order valence-corrected chi connectivity index (χ2v) is 5.36. The summed E-state index contributed by atoms with van der Waals surface area (Å²) >= 11 is 0. The van der Waals surface area contributed by atoms with Crippen LogP contribution in [-0.2, 0) is 17.8 Å². The molecule has 4 nitrogen and oxygen atoms in total. The Morgan fingerprint density at radius 3 is 2.57 bits per heavy atom. The first-order valence-corrected chi connectivity index (χ1v) is 7.58. The minimum atomic E-state index is -0.161. The summed E-state index contributed by atoms with van der Waals surface area (Å²) in [7, 11) is 0. The van der Waals surface area contributed by atoms with Crippen LogP contribution in [0.25, 0.3) is 0 Å². The Hall–Kier alpha value is -2.04. The fourth-order valence-corrected chi connectivity index (χ4v) is 2.62. The average molecular weight is 333 g/mol. The lowest BCUT2D eigenvalue weighted by Crippen LogP contribution is -2.48. The highest BCUT2D eigenvalue weighted by molar-refractivity contribution is 5.85. The summed E-state index contributed by atoms with van der Waals surface area (Å²) in [5.74, 6) is 0.854. The molecule has 1 aliphatic heterocycles. The number of carbonyl (C=O) groups is 1. The van der Waals surface area contributed by atoms with Crippen LogP contribution in [0.15, 0.2) is 54.6 Å². The summed E-state index contributed by atoms with van der Waals surface area (Å²) in [5.41, 5.74) is 2.53.